The van der Waals surface area contributed by atoms with Crippen LogP contribution in [0.25, 0.3) is 0 Å². The lowest BCUT2D eigenvalue weighted by Gasteiger charge is -2.37. The van der Waals surface area contributed by atoms with Crippen molar-refractivity contribution in [1.82, 2.24) is 4.90 Å². The van der Waals surface area contributed by atoms with Crippen LogP contribution in [0.3, 0.4) is 0 Å². The number of aryl methyl sites for hydroxylation is 1. The van der Waals surface area contributed by atoms with Crippen molar-refractivity contribution in [3.63, 3.8) is 0 Å². The fraction of sp³-hybridized carbons (Fsp3) is 0.400. The van der Waals surface area contributed by atoms with Gasteiger partial charge in [-0.3, -0.25) is 4.90 Å². The molecule has 158 valence electrons. The molecule has 0 amide bonds. The summed E-state index contributed by atoms with van der Waals surface area (Å²) in [5.74, 6) is 0.630. The highest BCUT2D eigenvalue weighted by Gasteiger charge is 2.20. The van der Waals surface area contributed by atoms with Gasteiger partial charge in [0, 0.05) is 38.4 Å². The summed E-state index contributed by atoms with van der Waals surface area (Å²) in [5, 5.41) is 10.3. The minimum absolute atomic E-state index is 0. The molecule has 0 radical (unpaired) electrons. The van der Waals surface area contributed by atoms with Crippen LogP contribution < -0.4 is 15.4 Å². The fourth-order valence-electron chi connectivity index (χ4n) is 3.16. The van der Waals surface area contributed by atoms with Crippen molar-refractivity contribution < 1.29 is 9.84 Å². The molecule has 28 heavy (non-hydrogen) atoms. The van der Waals surface area contributed by atoms with Gasteiger partial charge in [-0.25, -0.2) is 0 Å². The molecule has 0 saturated carbocycles. The zero-order chi connectivity index (χ0) is 17.6. The lowest BCUT2D eigenvalue weighted by molar-refractivity contribution is 0.0666. The Morgan fingerprint density at radius 3 is 2.32 bits per heavy atom. The van der Waals surface area contributed by atoms with E-state index in [1.807, 2.05) is 18.2 Å². The van der Waals surface area contributed by atoms with E-state index in [-0.39, 0.29) is 43.8 Å². The quantitative estimate of drug-likeness (QED) is 0.661. The third-order valence-corrected chi connectivity index (χ3v) is 4.56. The molecule has 1 aliphatic heterocycles. The van der Waals surface area contributed by atoms with E-state index < -0.39 is 6.10 Å². The third-order valence-electron chi connectivity index (χ3n) is 4.56. The SMILES string of the molecule is Cc1cccc(N2CCN(CC(O)COc3ccccc3N)CC2)c1.Cl.Cl.Cl. The predicted octanol–water partition coefficient (Wildman–Crippen LogP) is 3.40. The molecule has 0 spiro atoms. The smallest absolute Gasteiger partial charge is 0.142 e. The Bertz CT molecular complexity index is 698. The van der Waals surface area contributed by atoms with Crippen molar-refractivity contribution in [3.05, 3.63) is 54.1 Å². The maximum Gasteiger partial charge on any atom is 0.142 e. The Morgan fingerprint density at radius 1 is 1.00 bits per heavy atom. The van der Waals surface area contributed by atoms with E-state index in [1.165, 1.54) is 11.3 Å². The van der Waals surface area contributed by atoms with Crippen molar-refractivity contribution in [3.8, 4) is 5.75 Å². The highest BCUT2D eigenvalue weighted by Crippen LogP contribution is 2.20. The lowest BCUT2D eigenvalue weighted by Crippen LogP contribution is -2.49. The van der Waals surface area contributed by atoms with Crippen LogP contribution in [-0.2, 0) is 0 Å². The average molecular weight is 451 g/mol. The molecule has 2 aromatic carbocycles. The van der Waals surface area contributed by atoms with Crippen LogP contribution in [-0.4, -0.2) is 55.4 Å². The van der Waals surface area contributed by atoms with Gasteiger partial charge in [0.15, 0.2) is 0 Å². The van der Waals surface area contributed by atoms with E-state index in [1.54, 1.807) is 6.07 Å². The van der Waals surface area contributed by atoms with Crippen LogP contribution in [0, 0.1) is 6.92 Å². The summed E-state index contributed by atoms with van der Waals surface area (Å²) in [6, 6.07) is 16.0. The number of para-hydroxylation sites is 2. The number of aliphatic hydroxyl groups is 1. The first-order chi connectivity index (χ1) is 12.1. The zero-order valence-corrected chi connectivity index (χ0v) is 18.4. The number of hydrogen-bond acceptors (Lipinski definition) is 5. The van der Waals surface area contributed by atoms with Crippen LogP contribution in [0.5, 0.6) is 5.75 Å². The first kappa shape index (κ1) is 26.6. The van der Waals surface area contributed by atoms with E-state index in [4.69, 9.17) is 10.5 Å². The van der Waals surface area contributed by atoms with Gasteiger partial charge in [0.2, 0.25) is 0 Å². The normalized spacial score (nSPS) is 14.9. The van der Waals surface area contributed by atoms with Crippen LogP contribution in [0.1, 0.15) is 5.56 Å². The molecule has 1 fully saturated rings. The summed E-state index contributed by atoms with van der Waals surface area (Å²) >= 11 is 0. The Kier molecular flexibility index (Phi) is 12.3. The highest BCUT2D eigenvalue weighted by molar-refractivity contribution is 5.86. The number of benzene rings is 2. The number of halogens is 3. The number of nitrogen functional groups attached to an aromatic ring is 1. The molecule has 1 aliphatic rings. The molecule has 2 aromatic rings. The van der Waals surface area contributed by atoms with Gasteiger partial charge in [-0.1, -0.05) is 24.3 Å². The van der Waals surface area contributed by atoms with Gasteiger partial charge >= 0.3 is 0 Å². The maximum atomic E-state index is 10.3. The van der Waals surface area contributed by atoms with E-state index in [2.05, 4.69) is 41.0 Å². The summed E-state index contributed by atoms with van der Waals surface area (Å²) < 4.78 is 5.63. The largest absolute Gasteiger partial charge is 0.489 e. The molecule has 1 atom stereocenters. The molecule has 3 N–H and O–H groups in total. The standard InChI is InChI=1S/C20H27N3O2.3ClH/c1-16-5-4-6-17(13-16)23-11-9-22(10-12-23)14-18(24)15-25-20-8-3-2-7-19(20)21;;;/h2-8,13,18,24H,9-12,14-15,21H2,1H3;3*1H. The summed E-state index contributed by atoms with van der Waals surface area (Å²) in [4.78, 5) is 4.69. The number of rotatable bonds is 6. The number of aliphatic hydroxyl groups excluding tert-OH is 1. The van der Waals surface area contributed by atoms with Gasteiger partial charge in [0.25, 0.3) is 0 Å². The van der Waals surface area contributed by atoms with Gasteiger partial charge < -0.3 is 20.5 Å². The molecule has 3 rings (SSSR count). The number of nitrogens with two attached hydrogens (primary N) is 1. The Balaban J connectivity index is 0.00000243. The molecule has 0 aromatic heterocycles. The van der Waals surface area contributed by atoms with E-state index >= 15 is 0 Å². The number of nitrogens with zero attached hydrogens (tertiary/aromatic N) is 2. The Labute approximate surface area is 186 Å². The van der Waals surface area contributed by atoms with E-state index in [9.17, 15) is 5.11 Å². The van der Waals surface area contributed by atoms with Crippen molar-refractivity contribution >= 4 is 48.6 Å². The van der Waals surface area contributed by atoms with Crippen molar-refractivity contribution in [2.24, 2.45) is 0 Å². The zero-order valence-electron chi connectivity index (χ0n) is 16.0. The van der Waals surface area contributed by atoms with Crippen LogP contribution >= 0.6 is 37.2 Å². The third kappa shape index (κ3) is 7.57. The number of hydrogen-bond donors (Lipinski definition) is 2. The number of anilines is 2. The molecule has 1 saturated heterocycles. The lowest BCUT2D eigenvalue weighted by atomic mass is 10.2. The first-order valence-electron chi connectivity index (χ1n) is 8.81. The number of β-amino-alcohol motifs (C(OH)–C–C–N with tert-alkyl or cyclic N) is 1. The molecule has 5 nitrogen and oxygen atoms in total. The molecule has 8 heteroatoms. The first-order valence-corrected chi connectivity index (χ1v) is 8.81. The fourth-order valence-corrected chi connectivity index (χ4v) is 3.16. The van der Waals surface area contributed by atoms with Crippen molar-refractivity contribution in [1.29, 1.82) is 0 Å². The number of ether oxygens (including phenoxy) is 1. The monoisotopic (exact) mass is 449 g/mol. The van der Waals surface area contributed by atoms with Crippen LogP contribution in [0.2, 0.25) is 0 Å². The van der Waals surface area contributed by atoms with Crippen molar-refractivity contribution in [2.75, 3.05) is 50.0 Å². The van der Waals surface area contributed by atoms with Gasteiger partial charge in [-0.2, -0.15) is 0 Å². The Morgan fingerprint density at radius 2 is 1.68 bits per heavy atom. The van der Waals surface area contributed by atoms with Gasteiger partial charge in [0.1, 0.15) is 18.5 Å². The van der Waals surface area contributed by atoms with Crippen LogP contribution in [0.15, 0.2) is 48.5 Å². The maximum absolute atomic E-state index is 10.3. The molecule has 1 unspecified atom stereocenters. The van der Waals surface area contributed by atoms with Gasteiger partial charge in [0.05, 0.1) is 5.69 Å². The molecule has 0 bridgehead atoms. The molecular formula is C20H30Cl3N3O2. The second kappa shape index (κ2) is 13.0. The van der Waals surface area contributed by atoms with E-state index in [0.29, 0.717) is 18.0 Å². The number of piperazine rings is 1. The Hall–Kier alpha value is -1.37. The minimum atomic E-state index is -0.523. The molecular weight excluding hydrogens is 421 g/mol. The second-order valence-electron chi connectivity index (χ2n) is 6.63. The topological polar surface area (TPSA) is 62.0 Å². The minimum Gasteiger partial charge on any atom is -0.489 e. The predicted molar refractivity (Wildman–Crippen MR) is 124 cm³/mol. The summed E-state index contributed by atoms with van der Waals surface area (Å²) in [6.07, 6.45) is -0.523. The summed E-state index contributed by atoms with van der Waals surface area (Å²) in [5.41, 5.74) is 9.01. The van der Waals surface area contributed by atoms with E-state index in [0.717, 1.165) is 26.2 Å². The average Bonchev–Trinajstić information content (AvgIpc) is 2.62. The molecule has 1 heterocycles. The highest BCUT2D eigenvalue weighted by atomic mass is 35.5. The summed E-state index contributed by atoms with van der Waals surface area (Å²) in [6.45, 7) is 6.83. The van der Waals surface area contributed by atoms with Gasteiger partial charge in [-0.05, 0) is 36.8 Å². The van der Waals surface area contributed by atoms with Crippen LogP contribution in [0.4, 0.5) is 11.4 Å². The van der Waals surface area contributed by atoms with Crippen molar-refractivity contribution in [2.45, 2.75) is 13.0 Å². The van der Waals surface area contributed by atoms with Gasteiger partial charge in [-0.15, -0.1) is 37.2 Å². The second-order valence-corrected chi connectivity index (χ2v) is 6.63. The summed E-state index contributed by atoms with van der Waals surface area (Å²) in [7, 11) is 0. The molecule has 0 aliphatic carbocycles.